The van der Waals surface area contributed by atoms with Gasteiger partial charge < -0.3 is 16.4 Å². The molecule has 0 aliphatic heterocycles. The van der Waals surface area contributed by atoms with Crippen molar-refractivity contribution in [2.45, 2.75) is 56.5 Å². The molecule has 4 aromatic carbocycles. The maximum atomic E-state index is 13.8. The summed E-state index contributed by atoms with van der Waals surface area (Å²) < 4.78 is 33.8. The first-order valence-corrected chi connectivity index (χ1v) is 18.8. The summed E-state index contributed by atoms with van der Waals surface area (Å²) >= 11 is 0. The lowest BCUT2D eigenvalue weighted by Crippen LogP contribution is -2.48. The Morgan fingerprint density at radius 1 is 0.904 bits per heavy atom. The van der Waals surface area contributed by atoms with Crippen molar-refractivity contribution in [1.29, 1.82) is 0 Å². The summed E-state index contributed by atoms with van der Waals surface area (Å²) in [7, 11) is -3.80. The first-order valence-electron chi connectivity index (χ1n) is 17.3. The first kappa shape index (κ1) is 36.4. The lowest BCUT2D eigenvalue weighted by atomic mass is 9.81. The van der Waals surface area contributed by atoms with E-state index in [0.717, 1.165) is 40.7 Å². The number of nitrogens with zero attached hydrogens (tertiary/aromatic N) is 1. The van der Waals surface area contributed by atoms with Crippen LogP contribution in [0.25, 0.3) is 22.5 Å². The second-order valence-corrected chi connectivity index (χ2v) is 15.0. The van der Waals surface area contributed by atoms with E-state index in [1.54, 1.807) is 42.5 Å². The molecule has 0 unspecified atom stereocenters. The smallest absolute Gasteiger partial charge is 0.344 e. The number of anilines is 1. The Bertz CT molecular complexity index is 2170. The van der Waals surface area contributed by atoms with E-state index in [1.165, 1.54) is 0 Å². The molecule has 1 atom stereocenters. The maximum Gasteiger partial charge on any atom is 0.439 e. The van der Waals surface area contributed by atoms with Gasteiger partial charge in [-0.3, -0.25) is 19.1 Å². The molecule has 13 heteroatoms. The number of hydrogen-bond donors (Lipinski definition) is 5. The van der Waals surface area contributed by atoms with Crippen LogP contribution < -0.4 is 26.8 Å². The van der Waals surface area contributed by atoms with Crippen LogP contribution in [0.3, 0.4) is 0 Å². The molecule has 1 fully saturated rings. The van der Waals surface area contributed by atoms with Gasteiger partial charge >= 0.3 is 5.76 Å². The van der Waals surface area contributed by atoms with Crippen LogP contribution in [0, 0.1) is 18.8 Å². The Hall–Kier alpha value is -5.37. The summed E-state index contributed by atoms with van der Waals surface area (Å²) in [4.78, 5) is 41.4. The van der Waals surface area contributed by atoms with Crippen LogP contribution in [0.2, 0.25) is 0 Å². The first-order chi connectivity index (χ1) is 25.1. The molecule has 270 valence electrons. The van der Waals surface area contributed by atoms with Gasteiger partial charge in [-0.05, 0) is 109 Å². The van der Waals surface area contributed by atoms with Crippen LogP contribution in [0.4, 0.5) is 5.69 Å². The largest absolute Gasteiger partial charge is 0.439 e. The third-order valence-electron chi connectivity index (χ3n) is 9.56. The highest BCUT2D eigenvalue weighted by atomic mass is 32.2. The van der Waals surface area contributed by atoms with Crippen molar-refractivity contribution in [2.24, 2.45) is 17.6 Å². The number of nitrogens with one attached hydrogen (secondary N) is 4. The lowest BCUT2D eigenvalue weighted by molar-refractivity contribution is -0.130. The summed E-state index contributed by atoms with van der Waals surface area (Å²) in [5.41, 5.74) is 11.0. The molecule has 2 amide bonds. The zero-order valence-corrected chi connectivity index (χ0v) is 29.6. The van der Waals surface area contributed by atoms with Crippen LogP contribution in [0.1, 0.15) is 42.4 Å². The Morgan fingerprint density at radius 3 is 2.33 bits per heavy atom. The summed E-state index contributed by atoms with van der Waals surface area (Å²) in [6.07, 6.45) is 3.35. The van der Waals surface area contributed by atoms with Gasteiger partial charge in [0.05, 0.1) is 4.90 Å². The van der Waals surface area contributed by atoms with Gasteiger partial charge in [0.1, 0.15) is 6.04 Å². The highest BCUT2D eigenvalue weighted by molar-refractivity contribution is 7.89. The zero-order chi connectivity index (χ0) is 36.7. The summed E-state index contributed by atoms with van der Waals surface area (Å²) in [5, 5.41) is 9.63. The Labute approximate surface area is 302 Å². The van der Waals surface area contributed by atoms with Gasteiger partial charge in [-0.1, -0.05) is 65.8 Å². The van der Waals surface area contributed by atoms with E-state index in [1.807, 2.05) is 61.5 Å². The van der Waals surface area contributed by atoms with Gasteiger partial charge in [-0.2, -0.15) is 0 Å². The van der Waals surface area contributed by atoms with Crippen molar-refractivity contribution in [3.8, 4) is 22.5 Å². The molecule has 6 N–H and O–H groups in total. The average molecular weight is 723 g/mol. The normalized spacial score (nSPS) is 16.6. The molecule has 0 saturated heterocycles. The third-order valence-corrected chi connectivity index (χ3v) is 11.0. The molecule has 6 rings (SSSR count). The number of aryl methyl sites for hydroxylation is 1. The second kappa shape index (κ2) is 16.3. The maximum absolute atomic E-state index is 13.8. The number of amides is 2. The molecular formula is C39H42N6O6S. The third kappa shape index (κ3) is 9.10. The number of carbonyl (C=O) groups excluding carboxylic acids is 2. The summed E-state index contributed by atoms with van der Waals surface area (Å²) in [6, 6.07) is 27.7. The van der Waals surface area contributed by atoms with Crippen LogP contribution in [-0.2, 0) is 32.6 Å². The van der Waals surface area contributed by atoms with Crippen molar-refractivity contribution >= 4 is 27.5 Å². The van der Waals surface area contributed by atoms with Gasteiger partial charge in [0.15, 0.2) is 5.82 Å². The predicted octanol–water partition coefficient (Wildman–Crippen LogP) is 4.91. The molecule has 52 heavy (non-hydrogen) atoms. The van der Waals surface area contributed by atoms with Gasteiger partial charge in [0, 0.05) is 30.1 Å². The van der Waals surface area contributed by atoms with Gasteiger partial charge in [0.25, 0.3) is 0 Å². The second-order valence-electron chi connectivity index (χ2n) is 13.2. The molecule has 12 nitrogen and oxygen atoms in total. The van der Waals surface area contributed by atoms with E-state index in [-0.39, 0.29) is 35.5 Å². The average Bonchev–Trinajstić information content (AvgIpc) is 3.60. The number of rotatable bonds is 13. The number of carbonyl (C=O) groups is 2. The number of H-pyrrole nitrogens is 1. The van der Waals surface area contributed by atoms with Crippen molar-refractivity contribution < 1.29 is 22.5 Å². The van der Waals surface area contributed by atoms with Gasteiger partial charge in [-0.25, -0.2) is 17.9 Å². The van der Waals surface area contributed by atoms with Crippen molar-refractivity contribution in [3.05, 3.63) is 124 Å². The van der Waals surface area contributed by atoms with Crippen LogP contribution >= 0.6 is 0 Å². The number of nitrogens with two attached hydrogens (primary N) is 1. The minimum absolute atomic E-state index is 0.143. The molecule has 0 spiro atoms. The van der Waals surface area contributed by atoms with E-state index in [0.29, 0.717) is 36.6 Å². The van der Waals surface area contributed by atoms with Crippen molar-refractivity contribution in [3.63, 3.8) is 0 Å². The monoisotopic (exact) mass is 722 g/mol. The molecule has 1 aliphatic rings. The van der Waals surface area contributed by atoms with Crippen molar-refractivity contribution in [2.75, 3.05) is 11.9 Å². The molecule has 1 aliphatic carbocycles. The topological polar surface area (TPSA) is 189 Å². The highest BCUT2D eigenvalue weighted by Gasteiger charge is 2.29. The van der Waals surface area contributed by atoms with E-state index in [4.69, 9.17) is 5.73 Å². The number of aromatic nitrogens is 2. The van der Waals surface area contributed by atoms with Crippen LogP contribution in [-0.4, -0.2) is 43.0 Å². The zero-order valence-electron chi connectivity index (χ0n) is 28.8. The van der Waals surface area contributed by atoms with Crippen LogP contribution in [0.5, 0.6) is 0 Å². The highest BCUT2D eigenvalue weighted by Crippen LogP contribution is 2.30. The van der Waals surface area contributed by atoms with E-state index in [2.05, 4.69) is 30.0 Å². The van der Waals surface area contributed by atoms with Crippen LogP contribution in [0.15, 0.2) is 111 Å². The summed E-state index contributed by atoms with van der Waals surface area (Å²) in [6.45, 7) is 2.68. The van der Waals surface area contributed by atoms with E-state index < -0.39 is 27.7 Å². The Kier molecular flexibility index (Phi) is 11.4. The number of benzene rings is 4. The molecular weight excluding hydrogens is 681 g/mol. The van der Waals surface area contributed by atoms with E-state index in [9.17, 15) is 22.8 Å². The minimum Gasteiger partial charge on any atom is -0.344 e. The fourth-order valence-corrected chi connectivity index (χ4v) is 7.54. The number of aromatic amines is 1. The number of sulfonamides is 1. The predicted molar refractivity (Wildman–Crippen MR) is 198 cm³/mol. The van der Waals surface area contributed by atoms with Crippen molar-refractivity contribution in [1.82, 2.24) is 20.2 Å². The fourth-order valence-electron chi connectivity index (χ4n) is 6.49. The molecule has 1 heterocycles. The fraction of sp³-hybridized carbons (Fsp3) is 0.282. The van der Waals surface area contributed by atoms with Gasteiger partial charge in [-0.15, -0.1) is 0 Å². The Balaban J connectivity index is 1.22. The SMILES string of the molecule is Cc1ccc(S(=O)(=O)NCc2ccccc2)cc1-c1cccc(C[C@H](NC(=O)C2CCC(CN)CC2)C(=O)Nc2ccc(-c3noc(=O)[nH]3)cc2)c1. The standard InChI is InChI=1S/C39H42N6O6S/c1-25-10-19-33(52(49,50)41-24-27-6-3-2-4-7-27)22-34(25)31-9-5-8-28(20-31)21-35(43-37(46)30-13-11-26(23-40)12-14-30)38(47)42-32-17-15-29(16-18-32)36-44-39(48)51-45-36/h2-10,15-20,22,26,30,35,41H,11-14,21,23-24,40H2,1H3,(H,42,47)(H,43,46)(H,44,45,48)/t26?,30?,35-/m0/s1. The van der Waals surface area contributed by atoms with E-state index >= 15 is 0 Å². The molecule has 0 bridgehead atoms. The number of hydrogen-bond acceptors (Lipinski definition) is 8. The Morgan fingerprint density at radius 2 is 1.63 bits per heavy atom. The summed E-state index contributed by atoms with van der Waals surface area (Å²) in [5.74, 6) is -0.786. The van der Waals surface area contributed by atoms with Gasteiger partial charge in [0.2, 0.25) is 21.8 Å². The molecule has 1 saturated carbocycles. The minimum atomic E-state index is -3.80. The molecule has 0 radical (unpaired) electrons. The lowest BCUT2D eigenvalue weighted by Gasteiger charge is -2.28. The quantitative estimate of drug-likeness (QED) is 0.113. The molecule has 1 aromatic heterocycles. The molecule has 5 aromatic rings.